The fourth-order valence-electron chi connectivity index (χ4n) is 2.04. The van der Waals surface area contributed by atoms with Crippen molar-refractivity contribution in [2.24, 2.45) is 0 Å². The molecule has 0 fully saturated rings. The average Bonchev–Trinajstić information content (AvgIpc) is 2.42. The summed E-state index contributed by atoms with van der Waals surface area (Å²) >= 11 is 11.9. The van der Waals surface area contributed by atoms with Gasteiger partial charge in [0, 0.05) is 15.6 Å². The van der Waals surface area contributed by atoms with Gasteiger partial charge in [-0.2, -0.15) is 0 Å². The zero-order valence-electron chi connectivity index (χ0n) is 12.1. The van der Waals surface area contributed by atoms with Crippen LogP contribution in [0.25, 0.3) is 0 Å². The summed E-state index contributed by atoms with van der Waals surface area (Å²) in [4.78, 5) is 9.71. The maximum absolute atomic E-state index is 14.0. The Morgan fingerprint density at radius 3 is 2.17 bits per heavy atom. The molecule has 0 atom stereocenters. The van der Waals surface area contributed by atoms with Crippen LogP contribution in [-0.2, 0) is 5.60 Å². The van der Waals surface area contributed by atoms with E-state index in [0.29, 0.717) is 22.7 Å². The van der Waals surface area contributed by atoms with Gasteiger partial charge in [0.15, 0.2) is 17.4 Å². The number of rotatable bonds is 4. The molecule has 0 saturated carbocycles. The smallest absolute Gasteiger partial charge is 0.275 e. The monoisotopic (exact) mass is 361 g/mol. The molecular formula is C15H11Cl2F2NO3. The van der Waals surface area contributed by atoms with E-state index in [1.807, 2.05) is 0 Å². The Hall–Kier alpha value is -1.92. The molecule has 0 N–H and O–H groups in total. The topological polar surface area (TPSA) is 52.4 Å². The van der Waals surface area contributed by atoms with E-state index in [1.54, 1.807) is 26.0 Å². The van der Waals surface area contributed by atoms with Crippen molar-refractivity contribution in [1.82, 2.24) is 0 Å². The second-order valence-electron chi connectivity index (χ2n) is 5.23. The van der Waals surface area contributed by atoms with Gasteiger partial charge in [-0.3, -0.25) is 10.1 Å². The minimum atomic E-state index is -1.19. The number of hydrogen-bond donors (Lipinski definition) is 0. The van der Waals surface area contributed by atoms with E-state index in [0.717, 1.165) is 0 Å². The van der Waals surface area contributed by atoms with Gasteiger partial charge < -0.3 is 4.74 Å². The number of nitro groups is 1. The summed E-state index contributed by atoms with van der Waals surface area (Å²) in [5.41, 5.74) is -1.44. The lowest BCUT2D eigenvalue weighted by molar-refractivity contribution is -0.385. The third kappa shape index (κ3) is 3.71. The molecule has 0 amide bonds. The molecular weight excluding hydrogens is 351 g/mol. The predicted octanol–water partition coefficient (Wildman–Crippen LogP) is 5.49. The molecule has 23 heavy (non-hydrogen) atoms. The van der Waals surface area contributed by atoms with Crippen LogP contribution in [0.3, 0.4) is 0 Å². The Morgan fingerprint density at radius 1 is 1.13 bits per heavy atom. The molecule has 0 saturated heterocycles. The van der Waals surface area contributed by atoms with E-state index in [9.17, 15) is 18.9 Å². The number of benzene rings is 2. The number of nitrogens with zero attached hydrogens (tertiary/aromatic N) is 1. The molecule has 4 nitrogen and oxygen atoms in total. The zero-order valence-corrected chi connectivity index (χ0v) is 13.6. The van der Waals surface area contributed by atoms with Gasteiger partial charge in [-0.25, -0.2) is 8.78 Å². The van der Waals surface area contributed by atoms with E-state index in [1.165, 1.54) is 6.07 Å². The van der Waals surface area contributed by atoms with Gasteiger partial charge in [-0.15, -0.1) is 0 Å². The minimum Gasteiger partial charge on any atom is -0.477 e. The number of non-ortho nitro benzene ring substituents is 1. The quantitative estimate of drug-likeness (QED) is 0.534. The molecule has 0 aromatic heterocycles. The number of hydrogen-bond acceptors (Lipinski definition) is 3. The van der Waals surface area contributed by atoms with Crippen LogP contribution in [0.15, 0.2) is 30.3 Å². The third-order valence-corrected chi connectivity index (χ3v) is 3.68. The molecule has 122 valence electrons. The highest BCUT2D eigenvalue weighted by Crippen LogP contribution is 2.36. The lowest BCUT2D eigenvalue weighted by atomic mass is 9.98. The molecule has 0 aliphatic carbocycles. The summed E-state index contributed by atoms with van der Waals surface area (Å²) < 4.78 is 33.3. The molecule has 2 aromatic rings. The first-order valence-electron chi connectivity index (χ1n) is 6.40. The van der Waals surface area contributed by atoms with E-state index < -0.39 is 33.6 Å². The SMILES string of the molecule is CC(C)(Oc1c(F)cc([N+](=O)[O-])cc1F)c1ccc(Cl)cc1Cl. The highest BCUT2D eigenvalue weighted by atomic mass is 35.5. The second kappa shape index (κ2) is 6.29. The van der Waals surface area contributed by atoms with Crippen LogP contribution in [0.4, 0.5) is 14.5 Å². The van der Waals surface area contributed by atoms with Crippen LogP contribution >= 0.6 is 23.2 Å². The lowest BCUT2D eigenvalue weighted by Gasteiger charge is -2.28. The summed E-state index contributed by atoms with van der Waals surface area (Å²) in [6.45, 7) is 3.12. The molecule has 0 heterocycles. The van der Waals surface area contributed by atoms with Crippen molar-refractivity contribution in [1.29, 1.82) is 0 Å². The maximum atomic E-state index is 14.0. The summed E-state index contributed by atoms with van der Waals surface area (Å²) in [7, 11) is 0. The van der Waals surface area contributed by atoms with Crippen LogP contribution in [0.2, 0.25) is 10.0 Å². The van der Waals surface area contributed by atoms with Crippen molar-refractivity contribution in [3.05, 3.63) is 67.7 Å². The predicted molar refractivity (Wildman–Crippen MR) is 83.1 cm³/mol. The first-order valence-corrected chi connectivity index (χ1v) is 7.15. The van der Waals surface area contributed by atoms with Gasteiger partial charge in [0.25, 0.3) is 5.69 Å². The largest absolute Gasteiger partial charge is 0.477 e. The summed E-state index contributed by atoms with van der Waals surface area (Å²) in [5, 5.41) is 11.3. The number of nitro benzene ring substituents is 1. The maximum Gasteiger partial charge on any atom is 0.275 e. The fourth-order valence-corrected chi connectivity index (χ4v) is 2.67. The second-order valence-corrected chi connectivity index (χ2v) is 6.08. The highest BCUT2D eigenvalue weighted by molar-refractivity contribution is 6.35. The first-order chi connectivity index (χ1) is 10.6. The lowest BCUT2D eigenvalue weighted by Crippen LogP contribution is -2.26. The fraction of sp³-hybridized carbons (Fsp3) is 0.200. The van der Waals surface area contributed by atoms with E-state index in [-0.39, 0.29) is 5.02 Å². The molecule has 0 aliphatic rings. The highest BCUT2D eigenvalue weighted by Gasteiger charge is 2.29. The van der Waals surface area contributed by atoms with Gasteiger partial charge in [0.2, 0.25) is 0 Å². The molecule has 0 unspecified atom stereocenters. The van der Waals surface area contributed by atoms with Gasteiger partial charge >= 0.3 is 0 Å². The van der Waals surface area contributed by atoms with Crippen LogP contribution in [0, 0.1) is 21.7 Å². The van der Waals surface area contributed by atoms with Crippen LogP contribution in [0.5, 0.6) is 5.75 Å². The van der Waals surface area contributed by atoms with Crippen molar-refractivity contribution in [3.8, 4) is 5.75 Å². The summed E-state index contributed by atoms with van der Waals surface area (Å²) in [5.74, 6) is -3.06. The van der Waals surface area contributed by atoms with E-state index in [2.05, 4.69) is 0 Å². The summed E-state index contributed by atoms with van der Waals surface area (Å²) in [6.07, 6.45) is 0. The Labute approximate surface area is 140 Å². The van der Waals surface area contributed by atoms with Crippen molar-refractivity contribution in [3.63, 3.8) is 0 Å². The van der Waals surface area contributed by atoms with Crippen LogP contribution in [0.1, 0.15) is 19.4 Å². The Kier molecular flexibility index (Phi) is 4.77. The molecule has 2 rings (SSSR count). The molecule has 8 heteroatoms. The molecule has 0 spiro atoms. The Balaban J connectivity index is 2.43. The molecule has 0 aliphatic heterocycles. The van der Waals surface area contributed by atoms with Crippen molar-refractivity contribution < 1.29 is 18.4 Å². The van der Waals surface area contributed by atoms with Gasteiger partial charge in [0.05, 0.1) is 17.1 Å². The molecule has 0 bridgehead atoms. The van der Waals surface area contributed by atoms with Crippen LogP contribution in [-0.4, -0.2) is 4.92 Å². The van der Waals surface area contributed by atoms with Gasteiger partial charge in [0.1, 0.15) is 5.60 Å². The molecule has 0 radical (unpaired) electrons. The number of halogens is 4. The number of ether oxygens (including phenoxy) is 1. The minimum absolute atomic E-state index is 0.269. The summed E-state index contributed by atoms with van der Waals surface area (Å²) in [6, 6.07) is 5.81. The van der Waals surface area contributed by atoms with E-state index in [4.69, 9.17) is 27.9 Å². The Bertz CT molecular complexity index is 758. The normalized spacial score (nSPS) is 11.4. The van der Waals surface area contributed by atoms with Gasteiger partial charge in [-0.05, 0) is 26.0 Å². The van der Waals surface area contributed by atoms with Crippen molar-refractivity contribution >= 4 is 28.9 Å². The van der Waals surface area contributed by atoms with E-state index >= 15 is 0 Å². The standard InChI is InChI=1S/C15H11Cl2F2NO3/c1-15(2,10-4-3-8(16)5-11(10)17)23-14-12(18)6-9(20(21)22)7-13(14)19/h3-7H,1-2H3. The van der Waals surface area contributed by atoms with Crippen molar-refractivity contribution in [2.75, 3.05) is 0 Å². The average molecular weight is 362 g/mol. The van der Waals surface area contributed by atoms with Crippen molar-refractivity contribution in [2.45, 2.75) is 19.4 Å². The zero-order chi connectivity index (χ0) is 17.4. The third-order valence-electron chi connectivity index (χ3n) is 3.13. The van der Waals surface area contributed by atoms with Gasteiger partial charge in [-0.1, -0.05) is 29.3 Å². The first kappa shape index (κ1) is 17.4. The Morgan fingerprint density at radius 2 is 1.70 bits per heavy atom. The molecule has 2 aromatic carbocycles. The van der Waals surface area contributed by atoms with Crippen LogP contribution < -0.4 is 4.74 Å².